The van der Waals surface area contributed by atoms with Crippen LogP contribution in [-0.4, -0.2) is 25.6 Å². The van der Waals surface area contributed by atoms with Crippen molar-refractivity contribution in [3.05, 3.63) is 58.7 Å². The number of rotatable bonds is 7. The van der Waals surface area contributed by atoms with Gasteiger partial charge in [-0.25, -0.2) is 12.8 Å². The molecule has 1 aliphatic carbocycles. The molecule has 3 rings (SSSR count). The summed E-state index contributed by atoms with van der Waals surface area (Å²) in [6.07, 6.45) is 6.85. The summed E-state index contributed by atoms with van der Waals surface area (Å²) in [5.41, 5.74) is 3.45. The minimum absolute atomic E-state index is 0.0537. The lowest BCUT2D eigenvalue weighted by Gasteiger charge is -2.27. The quantitative estimate of drug-likeness (QED) is 0.548. The Kier molecular flexibility index (Phi) is 8.01. The minimum Gasteiger partial charge on any atom is -0.351 e. The Labute approximate surface area is 202 Å². The summed E-state index contributed by atoms with van der Waals surface area (Å²) in [6, 6.07) is 8.22. The van der Waals surface area contributed by atoms with Crippen LogP contribution in [0.4, 0.5) is 10.1 Å². The van der Waals surface area contributed by atoms with Crippen LogP contribution in [0.25, 0.3) is 0 Å². The third kappa shape index (κ3) is 6.78. The summed E-state index contributed by atoms with van der Waals surface area (Å²) in [5.74, 6) is -1.13. The molecular weight excluding hydrogens is 453 g/mol. The van der Waals surface area contributed by atoms with E-state index in [0.29, 0.717) is 18.0 Å². The van der Waals surface area contributed by atoms with Crippen LogP contribution >= 0.6 is 0 Å². The average Bonchev–Trinajstić information content (AvgIpc) is 2.77. The molecule has 1 unspecified atom stereocenters. The van der Waals surface area contributed by atoms with Gasteiger partial charge in [0, 0.05) is 29.3 Å². The van der Waals surface area contributed by atoms with E-state index in [1.807, 2.05) is 6.07 Å². The second-order valence-corrected chi connectivity index (χ2v) is 12.1. The van der Waals surface area contributed by atoms with Crippen LogP contribution in [0.5, 0.6) is 0 Å². The van der Waals surface area contributed by atoms with Crippen molar-refractivity contribution in [3.8, 4) is 0 Å². The maximum Gasteiger partial charge on any atom is 0.229 e. The Hall–Kier alpha value is -2.48. The molecule has 1 amide bonds. The smallest absolute Gasteiger partial charge is 0.229 e. The van der Waals surface area contributed by atoms with Crippen molar-refractivity contribution < 1.29 is 17.6 Å². The molecule has 0 bridgehead atoms. The van der Waals surface area contributed by atoms with E-state index < -0.39 is 21.8 Å². The maximum atomic E-state index is 14.4. The van der Waals surface area contributed by atoms with E-state index in [9.17, 15) is 17.6 Å². The van der Waals surface area contributed by atoms with Crippen LogP contribution in [0.15, 0.2) is 30.3 Å². The van der Waals surface area contributed by atoms with Crippen LogP contribution in [0.2, 0.25) is 0 Å². The van der Waals surface area contributed by atoms with Crippen molar-refractivity contribution >= 4 is 21.6 Å². The van der Waals surface area contributed by atoms with Gasteiger partial charge in [0.2, 0.25) is 15.9 Å². The first-order valence-corrected chi connectivity index (χ1v) is 13.8. The first kappa shape index (κ1) is 26.1. The highest BCUT2D eigenvalue weighted by Crippen LogP contribution is 2.35. The van der Waals surface area contributed by atoms with Gasteiger partial charge in [0.05, 0.1) is 17.9 Å². The third-order valence-corrected chi connectivity index (χ3v) is 7.00. The number of hydrogen-bond donors (Lipinski definition) is 2. The SMILES string of the molecule is CC(C(=O)NCc1ccc(C(C)(C)C)nc1C1CCCCC1)c1ccc(NS(C)(=O)=O)c(F)c1. The van der Waals surface area contributed by atoms with Gasteiger partial charge in [0.1, 0.15) is 5.82 Å². The number of aromatic nitrogens is 1. The topological polar surface area (TPSA) is 88.2 Å². The number of halogens is 1. The van der Waals surface area contributed by atoms with Crippen molar-refractivity contribution in [1.82, 2.24) is 10.3 Å². The van der Waals surface area contributed by atoms with Crippen molar-refractivity contribution in [2.24, 2.45) is 0 Å². The first-order valence-electron chi connectivity index (χ1n) is 11.9. The molecule has 0 saturated heterocycles. The molecule has 6 nitrogen and oxygen atoms in total. The summed E-state index contributed by atoms with van der Waals surface area (Å²) in [4.78, 5) is 17.9. The molecule has 0 radical (unpaired) electrons. The Balaban J connectivity index is 1.75. The molecule has 0 spiro atoms. The van der Waals surface area contributed by atoms with E-state index in [1.54, 1.807) is 13.0 Å². The molecule has 186 valence electrons. The lowest BCUT2D eigenvalue weighted by atomic mass is 9.83. The van der Waals surface area contributed by atoms with E-state index >= 15 is 0 Å². The van der Waals surface area contributed by atoms with Gasteiger partial charge < -0.3 is 5.32 Å². The predicted molar refractivity (Wildman–Crippen MR) is 134 cm³/mol. The van der Waals surface area contributed by atoms with Gasteiger partial charge in [-0.2, -0.15) is 0 Å². The highest BCUT2D eigenvalue weighted by molar-refractivity contribution is 7.92. The van der Waals surface area contributed by atoms with Crippen molar-refractivity contribution in [1.29, 1.82) is 0 Å². The molecule has 1 aliphatic rings. The zero-order chi connectivity index (χ0) is 25.1. The molecule has 1 saturated carbocycles. The highest BCUT2D eigenvalue weighted by atomic mass is 32.2. The predicted octanol–water partition coefficient (Wildman–Crippen LogP) is 5.36. The van der Waals surface area contributed by atoms with Crippen LogP contribution < -0.4 is 10.0 Å². The van der Waals surface area contributed by atoms with Crippen molar-refractivity contribution in [2.75, 3.05) is 11.0 Å². The number of carbonyl (C=O) groups excluding carboxylic acids is 1. The molecule has 1 atom stereocenters. The van der Waals surface area contributed by atoms with E-state index in [-0.39, 0.29) is 17.0 Å². The highest BCUT2D eigenvalue weighted by Gasteiger charge is 2.24. The van der Waals surface area contributed by atoms with E-state index in [1.165, 1.54) is 31.4 Å². The average molecular weight is 490 g/mol. The standard InChI is InChI=1S/C26H36FN3O3S/c1-17(19-11-13-22(21(27)15-19)30-34(5,32)33)25(31)28-16-20-12-14-23(26(2,3)4)29-24(20)18-9-7-6-8-10-18/h11-15,17-18,30H,6-10,16H2,1-5H3,(H,28,31). The first-order chi connectivity index (χ1) is 15.8. The fourth-order valence-electron chi connectivity index (χ4n) is 4.37. The Morgan fingerprint density at radius 1 is 1.15 bits per heavy atom. The van der Waals surface area contributed by atoms with Crippen molar-refractivity contribution in [2.45, 2.75) is 83.6 Å². The molecule has 34 heavy (non-hydrogen) atoms. The zero-order valence-corrected chi connectivity index (χ0v) is 21.6. The molecule has 1 heterocycles. The summed E-state index contributed by atoms with van der Waals surface area (Å²) in [6.45, 7) is 8.52. The summed E-state index contributed by atoms with van der Waals surface area (Å²) < 4.78 is 39.3. The summed E-state index contributed by atoms with van der Waals surface area (Å²) in [7, 11) is -3.59. The molecular formula is C26H36FN3O3S. The molecule has 8 heteroatoms. The second kappa shape index (κ2) is 10.4. The Bertz CT molecular complexity index is 1140. The number of sulfonamides is 1. The number of nitrogens with one attached hydrogen (secondary N) is 2. The number of anilines is 1. The number of benzene rings is 1. The number of hydrogen-bond acceptors (Lipinski definition) is 4. The van der Waals surface area contributed by atoms with Gasteiger partial charge in [0.15, 0.2) is 0 Å². The number of amides is 1. The van der Waals surface area contributed by atoms with Crippen LogP contribution in [-0.2, 0) is 26.8 Å². The molecule has 1 fully saturated rings. The monoisotopic (exact) mass is 489 g/mol. The van der Waals surface area contributed by atoms with Gasteiger partial charge in [-0.05, 0) is 49.1 Å². The number of pyridine rings is 1. The maximum absolute atomic E-state index is 14.4. The van der Waals surface area contributed by atoms with Gasteiger partial charge in [-0.1, -0.05) is 52.2 Å². The largest absolute Gasteiger partial charge is 0.351 e. The minimum atomic E-state index is -3.59. The molecule has 1 aromatic heterocycles. The van der Waals surface area contributed by atoms with E-state index in [4.69, 9.17) is 4.98 Å². The number of carbonyl (C=O) groups is 1. The lowest BCUT2D eigenvalue weighted by Crippen LogP contribution is -2.29. The fraction of sp³-hybridized carbons (Fsp3) is 0.538. The molecule has 0 aliphatic heterocycles. The Morgan fingerprint density at radius 2 is 1.82 bits per heavy atom. The van der Waals surface area contributed by atoms with Crippen LogP contribution in [0, 0.1) is 5.82 Å². The van der Waals surface area contributed by atoms with E-state index in [2.05, 4.69) is 36.9 Å². The third-order valence-electron chi connectivity index (χ3n) is 6.41. The zero-order valence-electron chi connectivity index (χ0n) is 20.7. The lowest BCUT2D eigenvalue weighted by molar-refractivity contribution is -0.122. The Morgan fingerprint density at radius 3 is 2.41 bits per heavy atom. The van der Waals surface area contributed by atoms with Gasteiger partial charge in [-0.15, -0.1) is 0 Å². The van der Waals surface area contributed by atoms with E-state index in [0.717, 1.165) is 36.0 Å². The second-order valence-electron chi connectivity index (χ2n) is 10.4. The summed E-state index contributed by atoms with van der Waals surface area (Å²) in [5, 5.41) is 2.99. The summed E-state index contributed by atoms with van der Waals surface area (Å²) >= 11 is 0. The molecule has 2 N–H and O–H groups in total. The molecule has 1 aromatic carbocycles. The van der Waals surface area contributed by atoms with Gasteiger partial charge >= 0.3 is 0 Å². The van der Waals surface area contributed by atoms with Gasteiger partial charge in [0.25, 0.3) is 0 Å². The molecule has 2 aromatic rings. The fourth-order valence-corrected chi connectivity index (χ4v) is 4.94. The van der Waals surface area contributed by atoms with Gasteiger partial charge in [-0.3, -0.25) is 14.5 Å². The normalized spacial score (nSPS) is 16.2. The van der Waals surface area contributed by atoms with Crippen LogP contribution in [0.1, 0.15) is 94.1 Å². The van der Waals surface area contributed by atoms with Crippen LogP contribution in [0.3, 0.4) is 0 Å². The van der Waals surface area contributed by atoms with Crippen molar-refractivity contribution in [3.63, 3.8) is 0 Å². The number of nitrogens with zero attached hydrogens (tertiary/aromatic N) is 1.